The number of esters is 1. The van der Waals surface area contributed by atoms with Crippen LogP contribution in [0.2, 0.25) is 0 Å². The fourth-order valence-electron chi connectivity index (χ4n) is 1.93. The van der Waals surface area contributed by atoms with E-state index in [2.05, 4.69) is 4.98 Å². The van der Waals surface area contributed by atoms with E-state index in [4.69, 9.17) is 18.5 Å². The largest absolute Gasteiger partial charge is 0.482 e. The molecule has 134 valence electrons. The Kier molecular flexibility index (Phi) is 6.64. The average Bonchev–Trinajstić information content (AvgIpc) is 2.64. The van der Waals surface area contributed by atoms with Crippen molar-refractivity contribution in [1.82, 2.24) is 4.98 Å². The predicted molar refractivity (Wildman–Crippen MR) is 86.6 cm³/mol. The van der Waals surface area contributed by atoms with Crippen molar-refractivity contribution in [3.63, 3.8) is 0 Å². The number of ether oxygens (including phenoxy) is 2. The lowest BCUT2D eigenvalue weighted by Crippen LogP contribution is -2.20. The third-order valence-electron chi connectivity index (χ3n) is 3.13. The minimum atomic E-state index is -3.79. The molecule has 1 aromatic carbocycles. The van der Waals surface area contributed by atoms with Gasteiger partial charge in [-0.2, -0.15) is 0 Å². The second kappa shape index (κ2) is 8.71. The van der Waals surface area contributed by atoms with Gasteiger partial charge in [0.25, 0.3) is 0 Å². The van der Waals surface area contributed by atoms with Crippen molar-refractivity contribution in [2.75, 3.05) is 20.8 Å². The molecule has 1 heterocycles. The zero-order chi connectivity index (χ0) is 18.3. The van der Waals surface area contributed by atoms with Gasteiger partial charge in [0.1, 0.15) is 11.6 Å². The van der Waals surface area contributed by atoms with Gasteiger partial charge in [-0.1, -0.05) is 12.1 Å². The second-order valence-electron chi connectivity index (χ2n) is 4.75. The first-order valence-electron chi connectivity index (χ1n) is 7.18. The molecule has 0 bridgehead atoms. The van der Waals surface area contributed by atoms with E-state index in [1.165, 1.54) is 44.7 Å². The fraction of sp³-hybridized carbons (Fsp3) is 0.250. The highest BCUT2D eigenvalue weighted by atomic mass is 31.2. The maximum atomic E-state index is 13.1. The lowest BCUT2D eigenvalue weighted by Gasteiger charge is -2.23. The molecule has 25 heavy (non-hydrogen) atoms. The minimum Gasteiger partial charge on any atom is -0.482 e. The molecule has 0 radical (unpaired) electrons. The molecule has 0 amide bonds. The lowest BCUT2D eigenvalue weighted by atomic mass is 10.3. The van der Waals surface area contributed by atoms with Crippen molar-refractivity contribution in [3.05, 3.63) is 60.2 Å². The highest BCUT2D eigenvalue weighted by Gasteiger charge is 2.40. The number of aromatic nitrogens is 1. The van der Waals surface area contributed by atoms with Crippen LogP contribution in [0.3, 0.4) is 0 Å². The lowest BCUT2D eigenvalue weighted by molar-refractivity contribution is -0.149. The molecule has 0 saturated carbocycles. The van der Waals surface area contributed by atoms with E-state index in [0.29, 0.717) is 0 Å². The smallest absolute Gasteiger partial charge is 0.376 e. The molecule has 0 aliphatic rings. The molecule has 0 spiro atoms. The van der Waals surface area contributed by atoms with E-state index in [1.54, 1.807) is 12.1 Å². The number of pyridine rings is 1. The van der Waals surface area contributed by atoms with E-state index < -0.39 is 31.8 Å². The summed E-state index contributed by atoms with van der Waals surface area (Å²) in [4.78, 5) is 16.1. The molecular weight excluding hydrogens is 352 g/mol. The van der Waals surface area contributed by atoms with Gasteiger partial charge in [-0.15, -0.1) is 0 Å². The zero-order valence-corrected chi connectivity index (χ0v) is 14.5. The van der Waals surface area contributed by atoms with E-state index in [1.807, 2.05) is 0 Å². The van der Waals surface area contributed by atoms with Gasteiger partial charge in [0, 0.05) is 26.5 Å². The fourth-order valence-corrected chi connectivity index (χ4v) is 3.19. The molecule has 7 nitrogen and oxygen atoms in total. The normalized spacial score (nSPS) is 12.4. The van der Waals surface area contributed by atoms with Crippen molar-refractivity contribution in [2.45, 2.75) is 5.85 Å². The summed E-state index contributed by atoms with van der Waals surface area (Å²) in [5.74, 6) is -2.53. The maximum absolute atomic E-state index is 13.1. The van der Waals surface area contributed by atoms with Crippen LogP contribution in [0.15, 0.2) is 48.7 Å². The molecule has 0 N–H and O–H groups in total. The Bertz CT molecular complexity index is 749. The van der Waals surface area contributed by atoms with Gasteiger partial charge in [0.05, 0.1) is 5.69 Å². The monoisotopic (exact) mass is 369 g/mol. The highest BCUT2D eigenvalue weighted by molar-refractivity contribution is 7.54. The Hall–Kier alpha value is -2.28. The Balaban J connectivity index is 2.11. The first kappa shape index (κ1) is 19.1. The Labute approximate surface area is 144 Å². The highest BCUT2D eigenvalue weighted by Crippen LogP contribution is 2.60. The SMILES string of the molecule is COP(=O)(OC)C(OC(=O)COc1cccc(F)c1)c1ccccn1. The number of hydrogen-bond donors (Lipinski definition) is 0. The van der Waals surface area contributed by atoms with E-state index in [0.717, 1.165) is 6.07 Å². The number of nitrogens with zero attached hydrogens (tertiary/aromatic N) is 1. The summed E-state index contributed by atoms with van der Waals surface area (Å²) in [5.41, 5.74) is 0.202. The molecule has 1 aromatic heterocycles. The first-order chi connectivity index (χ1) is 12.0. The summed E-state index contributed by atoms with van der Waals surface area (Å²) in [6, 6.07) is 10.1. The topological polar surface area (TPSA) is 84.0 Å². The van der Waals surface area contributed by atoms with Crippen LogP contribution in [0, 0.1) is 5.82 Å². The van der Waals surface area contributed by atoms with Crippen LogP contribution in [0.25, 0.3) is 0 Å². The van der Waals surface area contributed by atoms with Crippen LogP contribution in [-0.4, -0.2) is 31.8 Å². The maximum Gasteiger partial charge on any atom is 0.376 e. The third-order valence-corrected chi connectivity index (χ3v) is 5.10. The van der Waals surface area contributed by atoms with Crippen LogP contribution >= 0.6 is 7.60 Å². The summed E-state index contributed by atoms with van der Waals surface area (Å²) in [6.45, 7) is -0.514. The van der Waals surface area contributed by atoms with Crippen LogP contribution in [0.5, 0.6) is 5.75 Å². The number of benzene rings is 1. The van der Waals surface area contributed by atoms with Crippen molar-refractivity contribution >= 4 is 13.6 Å². The summed E-state index contributed by atoms with van der Waals surface area (Å²) in [7, 11) is -1.44. The molecule has 2 rings (SSSR count). The number of rotatable bonds is 8. The summed E-state index contributed by atoms with van der Waals surface area (Å²) >= 11 is 0. The van der Waals surface area contributed by atoms with E-state index in [-0.39, 0.29) is 11.4 Å². The standard InChI is InChI=1S/C16H17FNO6P/c1-21-25(20,22-2)16(14-8-3-4-9-18-14)24-15(19)11-23-13-7-5-6-12(17)10-13/h3-10,16H,11H2,1-2H3. The predicted octanol–water partition coefficient (Wildman–Crippen LogP) is 3.33. The quantitative estimate of drug-likeness (QED) is 0.521. The average molecular weight is 369 g/mol. The molecule has 9 heteroatoms. The van der Waals surface area contributed by atoms with Crippen molar-refractivity contribution in [1.29, 1.82) is 0 Å². The van der Waals surface area contributed by atoms with E-state index in [9.17, 15) is 13.8 Å². The number of hydrogen-bond acceptors (Lipinski definition) is 7. The molecule has 0 aliphatic heterocycles. The Morgan fingerprint density at radius 1 is 1.20 bits per heavy atom. The number of carbonyl (C=O) groups excluding carboxylic acids is 1. The van der Waals surface area contributed by atoms with Crippen molar-refractivity contribution in [3.8, 4) is 5.75 Å². The van der Waals surface area contributed by atoms with Crippen LogP contribution in [0.4, 0.5) is 4.39 Å². The van der Waals surface area contributed by atoms with Crippen LogP contribution in [0.1, 0.15) is 11.5 Å². The molecule has 0 saturated heterocycles. The van der Waals surface area contributed by atoms with Gasteiger partial charge in [0.15, 0.2) is 6.61 Å². The van der Waals surface area contributed by atoms with Gasteiger partial charge >= 0.3 is 13.6 Å². The van der Waals surface area contributed by atoms with Crippen molar-refractivity contribution in [2.24, 2.45) is 0 Å². The zero-order valence-electron chi connectivity index (χ0n) is 13.6. The first-order valence-corrected chi connectivity index (χ1v) is 8.79. The van der Waals surface area contributed by atoms with Crippen LogP contribution in [-0.2, 0) is 23.1 Å². The third kappa shape index (κ3) is 5.09. The van der Waals surface area contributed by atoms with Crippen molar-refractivity contribution < 1.29 is 32.3 Å². The molecule has 0 aliphatic carbocycles. The Morgan fingerprint density at radius 3 is 2.56 bits per heavy atom. The molecule has 1 atom stereocenters. The summed E-state index contributed by atoms with van der Waals surface area (Å²) in [5, 5.41) is 0. The summed E-state index contributed by atoms with van der Waals surface area (Å²) < 4.78 is 45.9. The summed E-state index contributed by atoms with van der Waals surface area (Å²) in [6.07, 6.45) is 1.45. The molecule has 0 fully saturated rings. The van der Waals surface area contributed by atoms with Gasteiger partial charge in [-0.05, 0) is 24.3 Å². The molecular formula is C16H17FNO6P. The van der Waals surface area contributed by atoms with E-state index >= 15 is 0 Å². The van der Waals surface area contributed by atoms with Crippen LogP contribution < -0.4 is 4.74 Å². The number of carbonyl (C=O) groups is 1. The van der Waals surface area contributed by atoms with Gasteiger partial charge in [-0.25, -0.2) is 9.18 Å². The Morgan fingerprint density at radius 2 is 1.96 bits per heavy atom. The number of halogens is 1. The van der Waals surface area contributed by atoms with Gasteiger partial charge in [0.2, 0.25) is 5.85 Å². The second-order valence-corrected chi connectivity index (χ2v) is 7.03. The molecule has 2 aromatic rings. The van der Waals surface area contributed by atoms with Gasteiger partial charge in [-0.3, -0.25) is 9.55 Å². The minimum absolute atomic E-state index is 0.160. The van der Waals surface area contributed by atoms with Gasteiger partial charge < -0.3 is 18.5 Å². The molecule has 1 unspecified atom stereocenters.